The molecule has 0 aromatic carbocycles. The van der Waals surface area contributed by atoms with Crippen molar-refractivity contribution in [3.8, 4) is 0 Å². The van der Waals surface area contributed by atoms with E-state index in [9.17, 15) is 0 Å². The maximum Gasteiger partial charge on any atom is 0.140 e. The summed E-state index contributed by atoms with van der Waals surface area (Å²) in [6.07, 6.45) is 1.59. The maximum absolute atomic E-state index is 5.13. The second-order valence-corrected chi connectivity index (χ2v) is 4.16. The standard InChI is InChI=1S/C10H20N4O/c1-5-14-9(11-8-13-14)6-12-10(2,3)7-15-4/h8,12H,5-7H2,1-4H3. The van der Waals surface area contributed by atoms with E-state index in [0.717, 1.165) is 12.4 Å². The fraction of sp³-hybridized carbons (Fsp3) is 0.800. The Morgan fingerprint density at radius 2 is 2.27 bits per heavy atom. The lowest BCUT2D eigenvalue weighted by Gasteiger charge is -2.25. The summed E-state index contributed by atoms with van der Waals surface area (Å²) in [5, 5.41) is 7.50. The molecule has 15 heavy (non-hydrogen) atoms. The third kappa shape index (κ3) is 3.60. The van der Waals surface area contributed by atoms with Crippen molar-refractivity contribution in [1.29, 1.82) is 0 Å². The van der Waals surface area contributed by atoms with Gasteiger partial charge >= 0.3 is 0 Å². The summed E-state index contributed by atoms with van der Waals surface area (Å²) in [4.78, 5) is 4.20. The van der Waals surface area contributed by atoms with Crippen molar-refractivity contribution in [1.82, 2.24) is 20.1 Å². The van der Waals surface area contributed by atoms with Gasteiger partial charge in [-0.15, -0.1) is 0 Å². The molecule has 1 heterocycles. The summed E-state index contributed by atoms with van der Waals surface area (Å²) < 4.78 is 7.01. The average molecular weight is 212 g/mol. The van der Waals surface area contributed by atoms with Gasteiger partial charge in [-0.1, -0.05) is 0 Å². The zero-order chi connectivity index (χ0) is 11.3. The summed E-state index contributed by atoms with van der Waals surface area (Å²) in [6.45, 7) is 8.49. The number of rotatable bonds is 6. The first kappa shape index (κ1) is 12.1. The van der Waals surface area contributed by atoms with Crippen LogP contribution in [0.3, 0.4) is 0 Å². The molecule has 0 saturated carbocycles. The number of methoxy groups -OCH3 is 1. The van der Waals surface area contributed by atoms with E-state index >= 15 is 0 Å². The van der Waals surface area contributed by atoms with Gasteiger partial charge in [-0.05, 0) is 20.8 Å². The Hall–Kier alpha value is -0.940. The van der Waals surface area contributed by atoms with Gasteiger partial charge < -0.3 is 10.1 Å². The molecule has 1 aromatic heterocycles. The lowest BCUT2D eigenvalue weighted by molar-refractivity contribution is 0.127. The van der Waals surface area contributed by atoms with E-state index in [1.165, 1.54) is 0 Å². The number of nitrogens with zero attached hydrogens (tertiary/aromatic N) is 3. The first-order valence-corrected chi connectivity index (χ1v) is 5.19. The monoisotopic (exact) mass is 212 g/mol. The van der Waals surface area contributed by atoms with Gasteiger partial charge in [-0.2, -0.15) is 5.10 Å². The van der Waals surface area contributed by atoms with Crippen LogP contribution in [-0.2, 0) is 17.8 Å². The Morgan fingerprint density at radius 1 is 1.53 bits per heavy atom. The van der Waals surface area contributed by atoms with Gasteiger partial charge in [-0.3, -0.25) is 0 Å². The van der Waals surface area contributed by atoms with Crippen LogP contribution < -0.4 is 5.32 Å². The van der Waals surface area contributed by atoms with Crippen molar-refractivity contribution in [3.05, 3.63) is 12.2 Å². The molecule has 5 nitrogen and oxygen atoms in total. The molecule has 0 atom stereocenters. The van der Waals surface area contributed by atoms with E-state index in [1.807, 2.05) is 4.68 Å². The summed E-state index contributed by atoms with van der Waals surface area (Å²) in [5.41, 5.74) is -0.0424. The van der Waals surface area contributed by atoms with Crippen LogP contribution in [-0.4, -0.2) is 34.0 Å². The molecule has 0 aliphatic rings. The molecule has 5 heteroatoms. The minimum absolute atomic E-state index is 0.0424. The molecule has 0 saturated heterocycles. The van der Waals surface area contributed by atoms with E-state index in [2.05, 4.69) is 36.2 Å². The molecule has 0 fully saturated rings. The Morgan fingerprint density at radius 3 is 2.87 bits per heavy atom. The van der Waals surface area contributed by atoms with Crippen LogP contribution in [0.4, 0.5) is 0 Å². The molecule has 0 spiro atoms. The molecule has 0 aliphatic heterocycles. The van der Waals surface area contributed by atoms with Gasteiger partial charge in [0.25, 0.3) is 0 Å². The number of hydrogen-bond acceptors (Lipinski definition) is 4. The molecule has 0 radical (unpaired) electrons. The molecule has 0 aliphatic carbocycles. The van der Waals surface area contributed by atoms with Gasteiger partial charge in [-0.25, -0.2) is 9.67 Å². The molecule has 0 unspecified atom stereocenters. The number of hydrogen-bond donors (Lipinski definition) is 1. The minimum Gasteiger partial charge on any atom is -0.383 e. The smallest absolute Gasteiger partial charge is 0.140 e. The number of ether oxygens (including phenoxy) is 1. The average Bonchev–Trinajstić information content (AvgIpc) is 2.62. The van der Waals surface area contributed by atoms with Gasteiger partial charge in [0.1, 0.15) is 12.2 Å². The molecule has 1 rings (SSSR count). The maximum atomic E-state index is 5.13. The van der Waals surface area contributed by atoms with Crippen LogP contribution >= 0.6 is 0 Å². The van der Waals surface area contributed by atoms with Crippen LogP contribution in [0, 0.1) is 0 Å². The van der Waals surface area contributed by atoms with Crippen molar-refractivity contribution < 1.29 is 4.74 Å². The van der Waals surface area contributed by atoms with Crippen LogP contribution in [0.2, 0.25) is 0 Å². The molecular formula is C10H20N4O. The predicted octanol–water partition coefficient (Wildman–Crippen LogP) is 0.813. The van der Waals surface area contributed by atoms with Crippen molar-refractivity contribution >= 4 is 0 Å². The number of nitrogens with one attached hydrogen (secondary N) is 1. The van der Waals surface area contributed by atoms with Crippen molar-refractivity contribution in [2.45, 2.75) is 39.4 Å². The van der Waals surface area contributed by atoms with Gasteiger partial charge in [0.2, 0.25) is 0 Å². The molecule has 86 valence electrons. The van der Waals surface area contributed by atoms with E-state index in [1.54, 1.807) is 13.4 Å². The number of aromatic nitrogens is 3. The Kier molecular flexibility index (Phi) is 4.23. The highest BCUT2D eigenvalue weighted by Crippen LogP contribution is 2.04. The first-order chi connectivity index (χ1) is 7.09. The van der Waals surface area contributed by atoms with Crippen molar-refractivity contribution in [3.63, 3.8) is 0 Å². The topological polar surface area (TPSA) is 52.0 Å². The lowest BCUT2D eigenvalue weighted by Crippen LogP contribution is -2.43. The molecule has 1 aromatic rings. The summed E-state index contributed by atoms with van der Waals surface area (Å²) >= 11 is 0. The van der Waals surface area contributed by atoms with E-state index in [0.29, 0.717) is 13.2 Å². The zero-order valence-electron chi connectivity index (χ0n) is 9.95. The Balaban J connectivity index is 2.49. The SMILES string of the molecule is CCn1ncnc1CNC(C)(C)COC. The highest BCUT2D eigenvalue weighted by molar-refractivity contribution is 4.87. The minimum atomic E-state index is -0.0424. The van der Waals surface area contributed by atoms with E-state index < -0.39 is 0 Å². The van der Waals surface area contributed by atoms with E-state index in [-0.39, 0.29) is 5.54 Å². The summed E-state index contributed by atoms with van der Waals surface area (Å²) in [5.74, 6) is 0.960. The van der Waals surface area contributed by atoms with Gasteiger partial charge in [0, 0.05) is 19.2 Å². The molecule has 0 amide bonds. The van der Waals surface area contributed by atoms with Gasteiger partial charge in [0.05, 0.1) is 13.2 Å². The third-order valence-corrected chi connectivity index (χ3v) is 2.23. The summed E-state index contributed by atoms with van der Waals surface area (Å²) in [7, 11) is 1.71. The van der Waals surface area contributed by atoms with Crippen LogP contribution in [0.25, 0.3) is 0 Å². The second kappa shape index (κ2) is 5.23. The Labute approximate surface area is 90.8 Å². The third-order valence-electron chi connectivity index (χ3n) is 2.23. The Bertz CT molecular complexity index is 295. The largest absolute Gasteiger partial charge is 0.383 e. The molecular weight excluding hydrogens is 192 g/mol. The molecule has 0 bridgehead atoms. The van der Waals surface area contributed by atoms with Crippen molar-refractivity contribution in [2.75, 3.05) is 13.7 Å². The number of aryl methyl sites for hydroxylation is 1. The zero-order valence-corrected chi connectivity index (χ0v) is 9.95. The normalized spacial score (nSPS) is 12.0. The fourth-order valence-corrected chi connectivity index (χ4v) is 1.42. The lowest BCUT2D eigenvalue weighted by atomic mass is 10.1. The van der Waals surface area contributed by atoms with Gasteiger partial charge in [0.15, 0.2) is 0 Å². The predicted molar refractivity (Wildman–Crippen MR) is 58.5 cm³/mol. The fourth-order valence-electron chi connectivity index (χ4n) is 1.42. The van der Waals surface area contributed by atoms with Crippen LogP contribution in [0.5, 0.6) is 0 Å². The highest BCUT2D eigenvalue weighted by Gasteiger charge is 2.17. The van der Waals surface area contributed by atoms with E-state index in [4.69, 9.17) is 4.74 Å². The summed E-state index contributed by atoms with van der Waals surface area (Å²) in [6, 6.07) is 0. The first-order valence-electron chi connectivity index (χ1n) is 5.19. The van der Waals surface area contributed by atoms with Crippen LogP contribution in [0.15, 0.2) is 6.33 Å². The quantitative estimate of drug-likeness (QED) is 0.758. The molecule has 1 N–H and O–H groups in total. The van der Waals surface area contributed by atoms with Crippen LogP contribution in [0.1, 0.15) is 26.6 Å². The second-order valence-electron chi connectivity index (χ2n) is 4.16. The highest BCUT2D eigenvalue weighted by atomic mass is 16.5. The van der Waals surface area contributed by atoms with Crippen molar-refractivity contribution in [2.24, 2.45) is 0 Å².